The number of carbonyl (C=O) groups is 1. The van der Waals surface area contributed by atoms with Crippen LogP contribution in [0.25, 0.3) is 0 Å². The van der Waals surface area contributed by atoms with Gasteiger partial charge in [0, 0.05) is 13.0 Å². The topological polar surface area (TPSA) is 84.9 Å². The van der Waals surface area contributed by atoms with Gasteiger partial charge in [0.15, 0.2) is 0 Å². The van der Waals surface area contributed by atoms with E-state index in [1.54, 1.807) is 24.3 Å². The lowest BCUT2D eigenvalue weighted by molar-refractivity contribution is -0.121. The highest BCUT2D eigenvalue weighted by molar-refractivity contribution is 7.92. The van der Waals surface area contributed by atoms with E-state index in [1.807, 2.05) is 24.3 Å². The van der Waals surface area contributed by atoms with Crippen LogP contribution in [0.5, 0.6) is 11.5 Å². The highest BCUT2D eigenvalue weighted by Gasteiger charge is 2.21. The zero-order valence-electron chi connectivity index (χ0n) is 19.6. The molecule has 0 heterocycles. The molecular weight excluding hydrogens is 428 g/mol. The van der Waals surface area contributed by atoms with Crippen molar-refractivity contribution in [2.24, 2.45) is 0 Å². The lowest BCUT2D eigenvalue weighted by atomic mass is 9.86. The molecule has 2 aromatic rings. The maximum Gasteiger partial charge on any atom is 0.232 e. The second-order valence-electron chi connectivity index (χ2n) is 8.56. The predicted molar refractivity (Wildman–Crippen MR) is 128 cm³/mol. The average Bonchev–Trinajstić information content (AvgIpc) is 2.73. The van der Waals surface area contributed by atoms with Crippen molar-refractivity contribution in [3.8, 4) is 11.5 Å². The van der Waals surface area contributed by atoms with E-state index < -0.39 is 10.0 Å². The molecule has 7 nitrogen and oxygen atoms in total. The number of anilines is 1. The van der Waals surface area contributed by atoms with Crippen molar-refractivity contribution in [3.63, 3.8) is 0 Å². The van der Waals surface area contributed by atoms with Gasteiger partial charge in [0.05, 0.1) is 25.6 Å². The summed E-state index contributed by atoms with van der Waals surface area (Å²) in [5, 5.41) is 2.83. The van der Waals surface area contributed by atoms with Crippen LogP contribution in [0.4, 0.5) is 5.69 Å². The van der Waals surface area contributed by atoms with E-state index in [2.05, 4.69) is 26.1 Å². The van der Waals surface area contributed by atoms with Crippen molar-refractivity contribution in [1.82, 2.24) is 5.32 Å². The number of para-hydroxylation sites is 3. The maximum atomic E-state index is 12.3. The number of hydrogen-bond acceptors (Lipinski definition) is 5. The molecule has 32 heavy (non-hydrogen) atoms. The van der Waals surface area contributed by atoms with Gasteiger partial charge in [0.2, 0.25) is 15.9 Å². The Bertz CT molecular complexity index is 999. The minimum Gasteiger partial charge on any atom is -0.495 e. The molecule has 0 atom stereocenters. The standard InChI is InChI=1S/C24H34N2O5S/c1-24(2,3)19-11-6-8-13-21(19)31-18-16-25-23(27)15-10-17-26(32(5,28)29)20-12-7-9-14-22(20)30-4/h6-9,11-14H,10,15-18H2,1-5H3,(H,25,27). The minimum atomic E-state index is -3.51. The van der Waals surface area contributed by atoms with Crippen LogP contribution in [0, 0.1) is 0 Å². The summed E-state index contributed by atoms with van der Waals surface area (Å²) in [6.07, 6.45) is 1.73. The van der Waals surface area contributed by atoms with Crippen LogP contribution in [0.3, 0.4) is 0 Å². The highest BCUT2D eigenvalue weighted by Crippen LogP contribution is 2.31. The number of nitrogens with one attached hydrogen (secondary N) is 1. The number of ether oxygens (including phenoxy) is 2. The normalized spacial score (nSPS) is 11.7. The number of amides is 1. The molecule has 0 aliphatic rings. The number of hydrogen-bond donors (Lipinski definition) is 1. The van der Waals surface area contributed by atoms with Crippen LogP contribution in [-0.2, 0) is 20.2 Å². The van der Waals surface area contributed by atoms with Gasteiger partial charge >= 0.3 is 0 Å². The zero-order chi connectivity index (χ0) is 23.8. The van der Waals surface area contributed by atoms with Crippen molar-refractivity contribution in [2.75, 3.05) is 37.4 Å². The molecule has 0 aliphatic heterocycles. The summed E-state index contributed by atoms with van der Waals surface area (Å²) in [6, 6.07) is 14.8. The zero-order valence-corrected chi connectivity index (χ0v) is 20.4. The summed E-state index contributed by atoms with van der Waals surface area (Å²) in [7, 11) is -2.02. The van der Waals surface area contributed by atoms with Crippen LogP contribution < -0.4 is 19.1 Å². The third kappa shape index (κ3) is 7.44. The summed E-state index contributed by atoms with van der Waals surface area (Å²) in [6.45, 7) is 7.29. The monoisotopic (exact) mass is 462 g/mol. The van der Waals surface area contributed by atoms with E-state index in [0.717, 1.165) is 17.6 Å². The number of sulfonamides is 1. The third-order valence-electron chi connectivity index (χ3n) is 4.90. The first-order chi connectivity index (χ1) is 15.0. The van der Waals surface area contributed by atoms with Crippen molar-refractivity contribution >= 4 is 21.6 Å². The number of rotatable bonds is 11. The summed E-state index contributed by atoms with van der Waals surface area (Å²) in [5.41, 5.74) is 1.54. The molecule has 0 unspecified atom stereocenters. The van der Waals surface area contributed by atoms with Crippen LogP contribution in [0.1, 0.15) is 39.2 Å². The van der Waals surface area contributed by atoms with Crippen molar-refractivity contribution < 1.29 is 22.7 Å². The molecule has 1 N–H and O–H groups in total. The Hall–Kier alpha value is -2.74. The Kier molecular flexibility index (Phi) is 8.95. The van der Waals surface area contributed by atoms with Crippen LogP contribution >= 0.6 is 0 Å². The quantitative estimate of drug-likeness (QED) is 0.514. The van der Waals surface area contributed by atoms with Crippen LogP contribution in [0.2, 0.25) is 0 Å². The molecule has 0 aliphatic carbocycles. The van der Waals surface area contributed by atoms with Crippen molar-refractivity contribution in [1.29, 1.82) is 0 Å². The molecule has 0 bridgehead atoms. The van der Waals surface area contributed by atoms with Gasteiger partial charge in [-0.25, -0.2) is 8.42 Å². The second kappa shape index (κ2) is 11.2. The minimum absolute atomic E-state index is 0.0350. The summed E-state index contributed by atoms with van der Waals surface area (Å²) in [5.74, 6) is 1.14. The number of benzene rings is 2. The number of nitrogens with zero attached hydrogens (tertiary/aromatic N) is 1. The van der Waals surface area contributed by atoms with Crippen molar-refractivity contribution in [3.05, 3.63) is 54.1 Å². The fourth-order valence-electron chi connectivity index (χ4n) is 3.34. The molecular formula is C24H34N2O5S. The molecule has 8 heteroatoms. The van der Waals surface area contributed by atoms with Crippen LogP contribution in [0.15, 0.2) is 48.5 Å². The first kappa shape index (κ1) is 25.5. The van der Waals surface area contributed by atoms with Gasteiger partial charge < -0.3 is 14.8 Å². The fraction of sp³-hybridized carbons (Fsp3) is 0.458. The second-order valence-corrected chi connectivity index (χ2v) is 10.5. The van der Waals surface area contributed by atoms with Gasteiger partial charge in [-0.05, 0) is 35.6 Å². The largest absolute Gasteiger partial charge is 0.495 e. The molecule has 1 amide bonds. The SMILES string of the molecule is COc1ccccc1N(CCCC(=O)NCCOc1ccccc1C(C)(C)C)S(C)(=O)=O. The van der Waals surface area contributed by atoms with Gasteiger partial charge in [0.1, 0.15) is 18.1 Å². The van der Waals surface area contributed by atoms with E-state index in [4.69, 9.17) is 9.47 Å². The molecule has 0 spiro atoms. The Labute approximate surface area is 191 Å². The van der Waals surface area contributed by atoms with Gasteiger partial charge in [0.25, 0.3) is 0 Å². The first-order valence-corrected chi connectivity index (χ1v) is 12.5. The smallest absolute Gasteiger partial charge is 0.232 e. The highest BCUT2D eigenvalue weighted by atomic mass is 32.2. The molecule has 176 valence electrons. The molecule has 2 rings (SSSR count). The molecule has 0 fully saturated rings. The summed E-state index contributed by atoms with van der Waals surface area (Å²) >= 11 is 0. The van der Waals surface area contributed by atoms with Crippen molar-refractivity contribution in [2.45, 2.75) is 39.0 Å². The lowest BCUT2D eigenvalue weighted by Crippen LogP contribution is -2.33. The third-order valence-corrected chi connectivity index (χ3v) is 6.08. The van der Waals surface area contributed by atoms with E-state index in [1.165, 1.54) is 11.4 Å². The number of methoxy groups -OCH3 is 1. The maximum absolute atomic E-state index is 12.3. The summed E-state index contributed by atoms with van der Waals surface area (Å²) in [4.78, 5) is 12.2. The Balaban J connectivity index is 1.83. The summed E-state index contributed by atoms with van der Waals surface area (Å²) < 4.78 is 37.0. The fourth-order valence-corrected chi connectivity index (χ4v) is 4.30. The number of carbonyl (C=O) groups excluding carboxylic acids is 1. The Morgan fingerprint density at radius 1 is 1.03 bits per heavy atom. The van der Waals surface area contributed by atoms with Gasteiger partial charge in [-0.2, -0.15) is 0 Å². The van der Waals surface area contributed by atoms with Gasteiger partial charge in [-0.1, -0.05) is 51.1 Å². The lowest BCUT2D eigenvalue weighted by Gasteiger charge is -2.24. The average molecular weight is 463 g/mol. The van der Waals surface area contributed by atoms with E-state index in [0.29, 0.717) is 31.0 Å². The molecule has 0 radical (unpaired) electrons. The van der Waals surface area contributed by atoms with E-state index in [-0.39, 0.29) is 24.3 Å². The van der Waals surface area contributed by atoms with Gasteiger partial charge in [-0.3, -0.25) is 9.10 Å². The van der Waals surface area contributed by atoms with Crippen LogP contribution in [-0.4, -0.2) is 47.4 Å². The van der Waals surface area contributed by atoms with E-state index in [9.17, 15) is 13.2 Å². The predicted octanol–water partition coefficient (Wildman–Crippen LogP) is 3.73. The molecule has 0 saturated carbocycles. The Morgan fingerprint density at radius 3 is 2.28 bits per heavy atom. The van der Waals surface area contributed by atoms with Gasteiger partial charge in [-0.15, -0.1) is 0 Å². The Morgan fingerprint density at radius 2 is 1.66 bits per heavy atom. The first-order valence-electron chi connectivity index (χ1n) is 10.6. The molecule has 0 saturated heterocycles. The van der Waals surface area contributed by atoms with E-state index >= 15 is 0 Å². The molecule has 2 aromatic carbocycles. The molecule has 0 aromatic heterocycles.